The van der Waals surface area contributed by atoms with Crippen LogP contribution in [-0.4, -0.2) is 10.1 Å². The van der Waals surface area contributed by atoms with Crippen LogP contribution in [0.5, 0.6) is 0 Å². The lowest BCUT2D eigenvalue weighted by atomic mass is 9.79. The fraction of sp³-hybridized carbons (Fsp3) is 0.900. The summed E-state index contributed by atoms with van der Waals surface area (Å²) in [6.45, 7) is 2.18. The lowest BCUT2D eigenvalue weighted by molar-refractivity contribution is -0.128. The Labute approximate surface area is 89.8 Å². The SMILES string of the molecule is CCCCCC[C@H]1CC(=O)C1(Cl)Cl. The van der Waals surface area contributed by atoms with Gasteiger partial charge in [0.25, 0.3) is 0 Å². The highest BCUT2D eigenvalue weighted by Gasteiger charge is 2.51. The molecule has 0 heterocycles. The van der Waals surface area contributed by atoms with E-state index in [1.165, 1.54) is 19.3 Å². The van der Waals surface area contributed by atoms with Gasteiger partial charge in [-0.3, -0.25) is 4.79 Å². The smallest absolute Gasteiger partial charge is 0.179 e. The van der Waals surface area contributed by atoms with E-state index in [-0.39, 0.29) is 11.7 Å². The summed E-state index contributed by atoms with van der Waals surface area (Å²) in [4.78, 5) is 11.0. The summed E-state index contributed by atoms with van der Waals surface area (Å²) in [6.07, 6.45) is 6.45. The first-order chi connectivity index (χ1) is 6.09. The number of alkyl halides is 2. The molecule has 0 bridgehead atoms. The second-order valence-electron chi connectivity index (χ2n) is 3.80. The van der Waals surface area contributed by atoms with Crippen molar-refractivity contribution in [3.63, 3.8) is 0 Å². The predicted octanol–water partition coefficient (Wildman–Crippen LogP) is 3.72. The normalized spacial score (nSPS) is 25.8. The van der Waals surface area contributed by atoms with Crippen molar-refractivity contribution in [1.82, 2.24) is 0 Å². The van der Waals surface area contributed by atoms with Gasteiger partial charge in [-0.25, -0.2) is 0 Å². The third-order valence-corrected chi connectivity index (χ3v) is 3.76. The molecule has 0 aromatic heterocycles. The van der Waals surface area contributed by atoms with Crippen LogP contribution in [0.4, 0.5) is 0 Å². The van der Waals surface area contributed by atoms with Gasteiger partial charge < -0.3 is 0 Å². The quantitative estimate of drug-likeness (QED) is 0.512. The molecular formula is C10H16Cl2O. The van der Waals surface area contributed by atoms with Crippen molar-refractivity contribution in [2.75, 3.05) is 0 Å². The second kappa shape index (κ2) is 4.65. The van der Waals surface area contributed by atoms with Crippen molar-refractivity contribution in [1.29, 1.82) is 0 Å². The van der Waals surface area contributed by atoms with E-state index in [2.05, 4.69) is 6.92 Å². The Hall–Kier alpha value is 0.250. The number of rotatable bonds is 5. The Bertz CT molecular complexity index is 189. The fourth-order valence-electron chi connectivity index (χ4n) is 1.69. The number of Topliss-reactive ketones (excluding diaryl/α,β-unsaturated/α-hetero) is 1. The zero-order valence-electron chi connectivity index (χ0n) is 7.98. The Balaban J connectivity index is 2.14. The molecule has 76 valence electrons. The summed E-state index contributed by atoms with van der Waals surface area (Å²) in [5, 5.41) is 0. The average Bonchev–Trinajstić information content (AvgIpc) is 2.10. The standard InChI is InChI=1S/C10H16Cl2O/c1-2-3-4-5-6-8-7-9(13)10(8,11)12/h8H,2-7H2,1H3/t8-/m0/s1. The summed E-state index contributed by atoms with van der Waals surface area (Å²) in [6, 6.07) is 0. The highest BCUT2D eigenvalue weighted by molar-refractivity contribution is 6.60. The summed E-state index contributed by atoms with van der Waals surface area (Å²) in [5.41, 5.74) is 0. The molecule has 0 radical (unpaired) electrons. The Kier molecular flexibility index (Phi) is 4.06. The maximum Gasteiger partial charge on any atom is 0.179 e. The van der Waals surface area contributed by atoms with Crippen molar-refractivity contribution >= 4 is 29.0 Å². The molecule has 3 heteroatoms. The van der Waals surface area contributed by atoms with Crippen molar-refractivity contribution in [2.24, 2.45) is 5.92 Å². The van der Waals surface area contributed by atoms with Crippen LogP contribution in [0.1, 0.15) is 45.4 Å². The lowest BCUT2D eigenvalue weighted by Gasteiger charge is -2.37. The Morgan fingerprint density at radius 3 is 2.54 bits per heavy atom. The van der Waals surface area contributed by atoms with Gasteiger partial charge in [-0.1, -0.05) is 55.8 Å². The van der Waals surface area contributed by atoms with Crippen LogP contribution in [0.25, 0.3) is 0 Å². The van der Waals surface area contributed by atoms with Gasteiger partial charge in [0.2, 0.25) is 0 Å². The van der Waals surface area contributed by atoms with Gasteiger partial charge in [0.05, 0.1) is 0 Å². The van der Waals surface area contributed by atoms with Gasteiger partial charge in [-0.05, 0) is 6.42 Å². The largest absolute Gasteiger partial charge is 0.296 e. The summed E-state index contributed by atoms with van der Waals surface area (Å²) >= 11 is 11.7. The first-order valence-electron chi connectivity index (χ1n) is 5.00. The third kappa shape index (κ3) is 2.60. The molecule has 1 rings (SSSR count). The van der Waals surface area contributed by atoms with E-state index in [0.717, 1.165) is 12.8 Å². The predicted molar refractivity (Wildman–Crippen MR) is 56.3 cm³/mol. The number of carbonyl (C=O) groups excluding carboxylic acids is 1. The van der Waals surface area contributed by atoms with E-state index in [1.807, 2.05) is 0 Å². The maximum atomic E-state index is 11.0. The lowest BCUT2D eigenvalue weighted by Crippen LogP contribution is -2.47. The molecule has 1 atom stereocenters. The minimum absolute atomic E-state index is 0.00340. The van der Waals surface area contributed by atoms with E-state index in [4.69, 9.17) is 23.2 Å². The molecule has 0 unspecified atom stereocenters. The van der Waals surface area contributed by atoms with Crippen LogP contribution in [0.3, 0.4) is 0 Å². The number of carbonyl (C=O) groups is 1. The summed E-state index contributed by atoms with van der Waals surface area (Å²) < 4.78 is -1.05. The summed E-state index contributed by atoms with van der Waals surface area (Å²) in [5.74, 6) is 0.205. The second-order valence-corrected chi connectivity index (χ2v) is 5.18. The van der Waals surface area contributed by atoms with Crippen LogP contribution >= 0.6 is 23.2 Å². The zero-order chi connectivity index (χ0) is 9.90. The molecule has 0 amide bonds. The number of unbranched alkanes of at least 4 members (excludes halogenated alkanes) is 3. The molecule has 1 aliphatic rings. The van der Waals surface area contributed by atoms with Crippen molar-refractivity contribution in [2.45, 2.75) is 49.8 Å². The molecule has 1 saturated carbocycles. The molecule has 0 aromatic carbocycles. The highest BCUT2D eigenvalue weighted by Crippen LogP contribution is 2.46. The van der Waals surface area contributed by atoms with Crippen LogP contribution in [-0.2, 0) is 4.79 Å². The molecule has 13 heavy (non-hydrogen) atoms. The van der Waals surface area contributed by atoms with Crippen LogP contribution in [0.15, 0.2) is 0 Å². The van der Waals surface area contributed by atoms with Crippen LogP contribution in [0.2, 0.25) is 0 Å². The van der Waals surface area contributed by atoms with Gasteiger partial charge >= 0.3 is 0 Å². The van der Waals surface area contributed by atoms with E-state index in [1.54, 1.807) is 0 Å². The van der Waals surface area contributed by atoms with Gasteiger partial charge in [-0.15, -0.1) is 0 Å². The van der Waals surface area contributed by atoms with Gasteiger partial charge in [0.1, 0.15) is 0 Å². The van der Waals surface area contributed by atoms with E-state index in [9.17, 15) is 4.79 Å². The number of halogens is 2. The molecule has 0 aromatic rings. The topological polar surface area (TPSA) is 17.1 Å². The van der Waals surface area contributed by atoms with E-state index >= 15 is 0 Å². The van der Waals surface area contributed by atoms with Gasteiger partial charge in [0.15, 0.2) is 10.1 Å². The molecule has 0 aliphatic heterocycles. The summed E-state index contributed by atoms with van der Waals surface area (Å²) in [7, 11) is 0. The zero-order valence-corrected chi connectivity index (χ0v) is 9.50. The molecule has 0 saturated heterocycles. The molecule has 1 aliphatic carbocycles. The van der Waals surface area contributed by atoms with E-state index in [0.29, 0.717) is 6.42 Å². The van der Waals surface area contributed by atoms with Crippen LogP contribution in [0, 0.1) is 5.92 Å². The highest BCUT2D eigenvalue weighted by atomic mass is 35.5. The number of hydrogen-bond acceptors (Lipinski definition) is 1. The third-order valence-electron chi connectivity index (χ3n) is 2.72. The molecule has 1 fully saturated rings. The van der Waals surface area contributed by atoms with Crippen LogP contribution < -0.4 is 0 Å². The minimum Gasteiger partial charge on any atom is -0.296 e. The van der Waals surface area contributed by atoms with Gasteiger partial charge in [-0.2, -0.15) is 0 Å². The Morgan fingerprint density at radius 1 is 1.38 bits per heavy atom. The van der Waals surface area contributed by atoms with E-state index < -0.39 is 4.33 Å². The monoisotopic (exact) mass is 222 g/mol. The fourth-order valence-corrected chi connectivity index (χ4v) is 2.21. The molecule has 1 nitrogen and oxygen atoms in total. The molecule has 0 spiro atoms. The number of ketones is 1. The minimum atomic E-state index is -1.05. The first-order valence-corrected chi connectivity index (χ1v) is 5.75. The Morgan fingerprint density at radius 2 is 2.08 bits per heavy atom. The average molecular weight is 223 g/mol. The number of hydrogen-bond donors (Lipinski definition) is 0. The van der Waals surface area contributed by atoms with Crippen molar-refractivity contribution < 1.29 is 4.79 Å². The van der Waals surface area contributed by atoms with Crippen molar-refractivity contribution in [3.8, 4) is 0 Å². The van der Waals surface area contributed by atoms with Gasteiger partial charge in [0, 0.05) is 12.3 Å². The molecule has 0 N–H and O–H groups in total. The first kappa shape index (κ1) is 11.3. The maximum absolute atomic E-state index is 11.0. The molecular weight excluding hydrogens is 207 g/mol. The van der Waals surface area contributed by atoms with Crippen molar-refractivity contribution in [3.05, 3.63) is 0 Å².